The van der Waals surface area contributed by atoms with Gasteiger partial charge < -0.3 is 14.4 Å². The first-order valence-corrected chi connectivity index (χ1v) is 9.32. The lowest BCUT2D eigenvalue weighted by atomic mass is 9.77. The zero-order valence-electron chi connectivity index (χ0n) is 14.1. The van der Waals surface area contributed by atoms with Crippen LogP contribution in [0.3, 0.4) is 0 Å². The normalized spacial score (nSPS) is 32.6. The first-order chi connectivity index (χ1) is 11.9. The second-order valence-electron chi connectivity index (χ2n) is 7.30. The van der Waals surface area contributed by atoms with Gasteiger partial charge in [-0.2, -0.15) is 0 Å². The average molecular weight is 406 g/mol. The zero-order valence-corrected chi connectivity index (χ0v) is 15.7. The van der Waals surface area contributed by atoms with Crippen molar-refractivity contribution in [2.45, 2.75) is 25.6 Å². The predicted octanol–water partition coefficient (Wildman–Crippen LogP) is 2.93. The van der Waals surface area contributed by atoms with E-state index in [0.717, 1.165) is 10.2 Å². The Morgan fingerprint density at radius 3 is 2.92 bits per heavy atom. The van der Waals surface area contributed by atoms with E-state index in [2.05, 4.69) is 15.9 Å². The maximum atomic E-state index is 13.2. The molecule has 4 rings (SSSR count). The van der Waals surface area contributed by atoms with Crippen LogP contribution in [0.25, 0.3) is 0 Å². The predicted molar refractivity (Wildman–Crippen MR) is 96.0 cm³/mol. The minimum absolute atomic E-state index is 0.0785. The van der Waals surface area contributed by atoms with E-state index in [-0.39, 0.29) is 23.9 Å². The molecule has 1 aromatic carbocycles. The Morgan fingerprint density at radius 1 is 1.44 bits per heavy atom. The highest BCUT2D eigenvalue weighted by Gasteiger charge is 2.67. The molecule has 5 nitrogen and oxygen atoms in total. The number of hydrogen-bond acceptors (Lipinski definition) is 4. The number of fused-ring (bicyclic) bond motifs is 1. The van der Waals surface area contributed by atoms with Crippen molar-refractivity contribution in [1.82, 2.24) is 0 Å². The summed E-state index contributed by atoms with van der Waals surface area (Å²) in [5.41, 5.74) is 0.0736. The van der Waals surface area contributed by atoms with Crippen LogP contribution in [0, 0.1) is 17.8 Å². The highest BCUT2D eigenvalue weighted by molar-refractivity contribution is 9.10. The number of carbonyl (C=O) groups is 2. The van der Waals surface area contributed by atoms with Gasteiger partial charge in [0.05, 0.1) is 30.9 Å². The van der Waals surface area contributed by atoms with E-state index < -0.39 is 17.4 Å². The van der Waals surface area contributed by atoms with Crippen LogP contribution < -0.4 is 4.90 Å². The molecular formula is C19H20BrNO4. The summed E-state index contributed by atoms with van der Waals surface area (Å²) in [6.45, 7) is 4.75. The monoisotopic (exact) mass is 405 g/mol. The number of ether oxygens (including phenoxy) is 2. The molecule has 0 saturated carbocycles. The molecule has 3 heterocycles. The number of benzene rings is 1. The van der Waals surface area contributed by atoms with Crippen LogP contribution in [-0.2, 0) is 19.1 Å². The lowest BCUT2D eigenvalue weighted by molar-refractivity contribution is -0.153. The number of esters is 1. The van der Waals surface area contributed by atoms with E-state index in [1.54, 1.807) is 4.90 Å². The van der Waals surface area contributed by atoms with Crippen LogP contribution in [0.5, 0.6) is 0 Å². The molecule has 0 unspecified atom stereocenters. The summed E-state index contributed by atoms with van der Waals surface area (Å²) in [4.78, 5) is 27.5. The van der Waals surface area contributed by atoms with Crippen molar-refractivity contribution in [3.8, 4) is 0 Å². The third kappa shape index (κ3) is 2.54. The number of anilines is 1. The van der Waals surface area contributed by atoms with E-state index in [1.807, 2.05) is 50.3 Å². The highest BCUT2D eigenvalue weighted by atomic mass is 79.9. The Labute approximate surface area is 155 Å². The van der Waals surface area contributed by atoms with Gasteiger partial charge in [-0.1, -0.05) is 38.1 Å². The standard InChI is InChI=1S/C19H20BrNO4/c1-11(2)9-24-18(23)15-14-7-8-19(25-14)10-21(17(22)16(15)19)13-6-4-3-5-12(13)20/h3-8,11,14-16H,9-10H2,1-2H3/t14-,15-,16+,19+/m1/s1. The number of amides is 1. The lowest BCUT2D eigenvalue weighted by Crippen LogP contribution is -2.40. The van der Waals surface area contributed by atoms with E-state index in [1.165, 1.54) is 0 Å². The molecule has 0 aliphatic carbocycles. The molecule has 2 fully saturated rings. The highest BCUT2D eigenvalue weighted by Crippen LogP contribution is 2.53. The third-order valence-electron chi connectivity index (χ3n) is 5.07. The molecule has 3 aliphatic rings. The molecule has 2 saturated heterocycles. The largest absolute Gasteiger partial charge is 0.465 e. The summed E-state index contributed by atoms with van der Waals surface area (Å²) in [7, 11) is 0. The second-order valence-corrected chi connectivity index (χ2v) is 8.15. The first-order valence-electron chi connectivity index (χ1n) is 8.53. The van der Waals surface area contributed by atoms with Gasteiger partial charge in [0.25, 0.3) is 0 Å². The summed E-state index contributed by atoms with van der Waals surface area (Å²) >= 11 is 3.50. The molecule has 132 valence electrons. The van der Waals surface area contributed by atoms with E-state index >= 15 is 0 Å². The molecule has 1 amide bonds. The maximum absolute atomic E-state index is 13.2. The fourth-order valence-corrected chi connectivity index (χ4v) is 4.49. The topological polar surface area (TPSA) is 55.8 Å². The fraction of sp³-hybridized carbons (Fsp3) is 0.474. The Balaban J connectivity index is 1.64. The van der Waals surface area contributed by atoms with Gasteiger partial charge in [-0.05, 0) is 34.0 Å². The van der Waals surface area contributed by atoms with Crippen molar-refractivity contribution in [2.75, 3.05) is 18.1 Å². The van der Waals surface area contributed by atoms with E-state index in [4.69, 9.17) is 9.47 Å². The molecule has 25 heavy (non-hydrogen) atoms. The number of nitrogens with zero attached hydrogens (tertiary/aromatic N) is 1. The van der Waals surface area contributed by atoms with Gasteiger partial charge in [-0.3, -0.25) is 9.59 Å². The molecule has 2 bridgehead atoms. The van der Waals surface area contributed by atoms with Crippen molar-refractivity contribution in [3.63, 3.8) is 0 Å². The Kier molecular flexibility index (Phi) is 4.00. The molecule has 0 radical (unpaired) electrons. The molecule has 0 aromatic heterocycles. The molecule has 6 heteroatoms. The van der Waals surface area contributed by atoms with Crippen LogP contribution in [0.2, 0.25) is 0 Å². The number of hydrogen-bond donors (Lipinski definition) is 0. The van der Waals surface area contributed by atoms with Gasteiger partial charge in [-0.15, -0.1) is 0 Å². The second kappa shape index (κ2) is 5.95. The number of rotatable bonds is 4. The van der Waals surface area contributed by atoms with Crippen molar-refractivity contribution in [1.29, 1.82) is 0 Å². The first kappa shape index (κ1) is 16.8. The minimum atomic E-state index is -0.724. The Hall–Kier alpha value is -1.66. The number of carbonyl (C=O) groups excluding carboxylic acids is 2. The van der Waals surface area contributed by atoms with Crippen LogP contribution in [0.4, 0.5) is 5.69 Å². The van der Waals surface area contributed by atoms with Gasteiger partial charge in [0.15, 0.2) is 0 Å². The minimum Gasteiger partial charge on any atom is -0.465 e. The Morgan fingerprint density at radius 2 is 2.20 bits per heavy atom. The van der Waals surface area contributed by atoms with Gasteiger partial charge >= 0.3 is 5.97 Å². The molecule has 3 aliphatic heterocycles. The number of para-hydroxylation sites is 1. The fourth-order valence-electron chi connectivity index (χ4n) is 3.99. The summed E-state index contributed by atoms with van der Waals surface area (Å²) in [5.74, 6) is -1.25. The molecule has 1 aromatic rings. The van der Waals surface area contributed by atoms with Gasteiger partial charge in [0.1, 0.15) is 11.5 Å². The van der Waals surface area contributed by atoms with Crippen LogP contribution >= 0.6 is 15.9 Å². The third-order valence-corrected chi connectivity index (χ3v) is 5.75. The molecule has 0 N–H and O–H groups in total. The maximum Gasteiger partial charge on any atom is 0.312 e. The number of halogens is 1. The average Bonchev–Trinajstić information content (AvgIpc) is 3.21. The quantitative estimate of drug-likeness (QED) is 0.570. The van der Waals surface area contributed by atoms with Crippen LogP contribution in [-0.4, -0.2) is 36.7 Å². The summed E-state index contributed by atoms with van der Waals surface area (Å²) in [6, 6.07) is 7.59. The van der Waals surface area contributed by atoms with Crippen molar-refractivity contribution in [3.05, 3.63) is 40.9 Å². The van der Waals surface area contributed by atoms with Gasteiger partial charge in [-0.25, -0.2) is 0 Å². The molecule has 4 atom stereocenters. The van der Waals surface area contributed by atoms with Crippen molar-refractivity contribution in [2.24, 2.45) is 17.8 Å². The van der Waals surface area contributed by atoms with Gasteiger partial charge in [0, 0.05) is 4.47 Å². The smallest absolute Gasteiger partial charge is 0.312 e. The SMILES string of the molecule is CC(C)COC(=O)[C@H]1[C@H]2C(=O)N(c3ccccc3Br)C[C@@]23C=C[C@H]1O3. The van der Waals surface area contributed by atoms with Crippen molar-refractivity contribution >= 4 is 33.5 Å². The molecule has 1 spiro atoms. The van der Waals surface area contributed by atoms with Crippen molar-refractivity contribution < 1.29 is 19.1 Å². The van der Waals surface area contributed by atoms with E-state index in [0.29, 0.717) is 13.2 Å². The summed E-state index contributed by atoms with van der Waals surface area (Å²) in [5, 5.41) is 0. The van der Waals surface area contributed by atoms with E-state index in [9.17, 15) is 9.59 Å². The van der Waals surface area contributed by atoms with Gasteiger partial charge in [0.2, 0.25) is 5.91 Å². The summed E-state index contributed by atoms with van der Waals surface area (Å²) in [6.07, 6.45) is 3.48. The zero-order chi connectivity index (χ0) is 17.8. The molecular weight excluding hydrogens is 386 g/mol. The lowest BCUT2D eigenvalue weighted by Gasteiger charge is -2.23. The summed E-state index contributed by atoms with van der Waals surface area (Å²) < 4.78 is 12.4. The van der Waals surface area contributed by atoms with Crippen LogP contribution in [0.1, 0.15) is 13.8 Å². The van der Waals surface area contributed by atoms with Crippen LogP contribution in [0.15, 0.2) is 40.9 Å². The Bertz CT molecular complexity index is 762.